The molecule has 5 aromatic rings. The second-order valence-electron chi connectivity index (χ2n) is 7.52. The van der Waals surface area contributed by atoms with Crippen LogP contribution >= 0.6 is 0 Å². The maximum absolute atomic E-state index is 13.6. The Balaban J connectivity index is 1.51. The summed E-state index contributed by atoms with van der Waals surface area (Å²) >= 11 is 0. The topological polar surface area (TPSA) is 91.4 Å². The highest BCUT2D eigenvalue weighted by atomic mass is 16.5. The zero-order chi connectivity index (χ0) is 23.5. The van der Waals surface area contributed by atoms with Crippen LogP contribution < -0.4 is 14.8 Å². The maximum Gasteiger partial charge on any atom is 0.282 e. The zero-order valence-electron chi connectivity index (χ0n) is 18.7. The number of hydrogen-bond acceptors (Lipinski definition) is 7. The van der Waals surface area contributed by atoms with Crippen LogP contribution in [0.5, 0.6) is 11.5 Å². The minimum absolute atomic E-state index is 0.295. The summed E-state index contributed by atoms with van der Waals surface area (Å²) in [7, 11) is 3.18. The van der Waals surface area contributed by atoms with Crippen molar-refractivity contribution in [3.8, 4) is 23.1 Å². The molecule has 170 valence electrons. The number of rotatable bonds is 7. The van der Waals surface area contributed by atoms with Gasteiger partial charge in [0.1, 0.15) is 0 Å². The maximum atomic E-state index is 13.6. The summed E-state index contributed by atoms with van der Waals surface area (Å²) in [5.41, 5.74) is 1.45. The molecule has 0 saturated carbocycles. The molecule has 5 rings (SSSR count). The van der Waals surface area contributed by atoms with E-state index < -0.39 is 0 Å². The van der Waals surface area contributed by atoms with Crippen molar-refractivity contribution in [2.75, 3.05) is 19.5 Å². The van der Waals surface area contributed by atoms with Gasteiger partial charge in [0.2, 0.25) is 11.8 Å². The molecule has 0 fully saturated rings. The van der Waals surface area contributed by atoms with Gasteiger partial charge in [-0.25, -0.2) is 0 Å². The van der Waals surface area contributed by atoms with Gasteiger partial charge in [-0.05, 0) is 46.7 Å². The standard InChI is InChI=1S/C26H22N4O4/c1-32-21-13-12-17(15-23(21)33-2)16-27-26-28-24(22-11-6-14-34-22)29-30(26)25(31)20-10-5-8-18-7-3-4-9-19(18)20/h3-15H,16H2,1-2H3,(H,27,28,29). The second kappa shape index (κ2) is 9.11. The number of hydrogen-bond donors (Lipinski definition) is 1. The monoisotopic (exact) mass is 454 g/mol. The fourth-order valence-corrected chi connectivity index (χ4v) is 3.78. The van der Waals surface area contributed by atoms with Crippen molar-refractivity contribution < 1.29 is 18.7 Å². The highest BCUT2D eigenvalue weighted by molar-refractivity contribution is 6.08. The molecule has 0 aliphatic rings. The van der Waals surface area contributed by atoms with Crippen molar-refractivity contribution in [2.24, 2.45) is 0 Å². The number of fused-ring (bicyclic) bond motifs is 1. The van der Waals surface area contributed by atoms with Crippen LogP contribution in [0.25, 0.3) is 22.4 Å². The normalized spacial score (nSPS) is 10.9. The second-order valence-corrected chi connectivity index (χ2v) is 7.52. The van der Waals surface area contributed by atoms with Gasteiger partial charge in [0.25, 0.3) is 5.91 Å². The third kappa shape index (κ3) is 3.97. The van der Waals surface area contributed by atoms with Gasteiger partial charge in [-0.1, -0.05) is 42.5 Å². The van der Waals surface area contributed by atoms with E-state index >= 15 is 0 Å². The van der Waals surface area contributed by atoms with Gasteiger partial charge in [0, 0.05) is 12.1 Å². The zero-order valence-corrected chi connectivity index (χ0v) is 18.7. The molecule has 1 N–H and O–H groups in total. The van der Waals surface area contributed by atoms with Gasteiger partial charge < -0.3 is 19.2 Å². The number of anilines is 1. The number of carbonyl (C=O) groups excluding carboxylic acids is 1. The molecule has 0 saturated heterocycles. The van der Waals surface area contributed by atoms with Crippen LogP contribution in [0.3, 0.4) is 0 Å². The number of carbonyl (C=O) groups is 1. The first-order valence-corrected chi connectivity index (χ1v) is 10.7. The van der Waals surface area contributed by atoms with E-state index in [9.17, 15) is 4.79 Å². The van der Waals surface area contributed by atoms with Crippen LogP contribution in [0.1, 0.15) is 15.9 Å². The average Bonchev–Trinajstić information content (AvgIpc) is 3.57. The molecule has 8 nitrogen and oxygen atoms in total. The van der Waals surface area contributed by atoms with Crippen LogP contribution in [0, 0.1) is 0 Å². The lowest BCUT2D eigenvalue weighted by Gasteiger charge is -2.11. The fraction of sp³-hybridized carbons (Fsp3) is 0.115. The van der Waals surface area contributed by atoms with E-state index in [-0.39, 0.29) is 5.91 Å². The Morgan fingerprint density at radius 3 is 2.59 bits per heavy atom. The lowest BCUT2D eigenvalue weighted by atomic mass is 10.0. The van der Waals surface area contributed by atoms with Crippen LogP contribution in [0.15, 0.2) is 83.5 Å². The van der Waals surface area contributed by atoms with E-state index in [0.717, 1.165) is 16.3 Å². The summed E-state index contributed by atoms with van der Waals surface area (Å²) in [6.45, 7) is 0.388. The van der Waals surface area contributed by atoms with Gasteiger partial charge in [-0.3, -0.25) is 4.79 Å². The van der Waals surface area contributed by atoms with Crippen LogP contribution in [0.2, 0.25) is 0 Å². The van der Waals surface area contributed by atoms with Crippen LogP contribution in [-0.2, 0) is 6.54 Å². The average molecular weight is 454 g/mol. The number of benzene rings is 3. The third-order valence-electron chi connectivity index (χ3n) is 5.46. The molecule has 0 atom stereocenters. The smallest absolute Gasteiger partial charge is 0.282 e. The largest absolute Gasteiger partial charge is 0.493 e. The van der Waals surface area contributed by atoms with Crippen molar-refractivity contribution in [3.63, 3.8) is 0 Å². The highest BCUT2D eigenvalue weighted by Crippen LogP contribution is 2.28. The van der Waals surface area contributed by atoms with Crippen molar-refractivity contribution in [1.29, 1.82) is 0 Å². The Morgan fingerprint density at radius 2 is 1.79 bits per heavy atom. The molecular formula is C26H22N4O4. The van der Waals surface area contributed by atoms with E-state index in [1.807, 2.05) is 54.6 Å². The first-order valence-electron chi connectivity index (χ1n) is 10.7. The SMILES string of the molecule is COc1ccc(CNc2nc(-c3ccco3)nn2C(=O)c2cccc3ccccc23)cc1OC. The Hall–Kier alpha value is -4.59. The van der Waals surface area contributed by atoms with Crippen molar-refractivity contribution in [3.05, 3.63) is 90.2 Å². The molecule has 0 radical (unpaired) electrons. The van der Waals surface area contributed by atoms with Gasteiger partial charge >= 0.3 is 0 Å². The molecule has 0 aliphatic carbocycles. The van der Waals surface area contributed by atoms with Crippen LogP contribution in [-0.4, -0.2) is 34.9 Å². The molecule has 0 unspecified atom stereocenters. The number of methoxy groups -OCH3 is 2. The molecule has 2 heterocycles. The Labute approximate surface area is 195 Å². The fourth-order valence-electron chi connectivity index (χ4n) is 3.78. The predicted octanol–water partition coefficient (Wildman–Crippen LogP) is 5.01. The number of ether oxygens (including phenoxy) is 2. The minimum atomic E-state index is -0.295. The first-order chi connectivity index (χ1) is 16.7. The van der Waals surface area contributed by atoms with E-state index in [4.69, 9.17) is 13.9 Å². The minimum Gasteiger partial charge on any atom is -0.493 e. The lowest BCUT2D eigenvalue weighted by Crippen LogP contribution is -2.18. The first kappa shape index (κ1) is 21.3. The molecule has 2 aromatic heterocycles. The molecule has 34 heavy (non-hydrogen) atoms. The Bertz CT molecular complexity index is 1450. The molecule has 3 aromatic carbocycles. The van der Waals surface area contributed by atoms with Crippen molar-refractivity contribution >= 4 is 22.6 Å². The van der Waals surface area contributed by atoms with Crippen LogP contribution in [0.4, 0.5) is 5.95 Å². The molecule has 8 heteroatoms. The van der Waals surface area contributed by atoms with Crippen molar-refractivity contribution in [1.82, 2.24) is 14.8 Å². The van der Waals surface area contributed by atoms with Gasteiger partial charge in [0.05, 0.1) is 20.5 Å². The Morgan fingerprint density at radius 1 is 0.971 bits per heavy atom. The van der Waals surface area contributed by atoms with E-state index in [2.05, 4.69) is 15.4 Å². The summed E-state index contributed by atoms with van der Waals surface area (Å²) in [6, 6.07) is 22.5. The number of nitrogens with one attached hydrogen (secondary N) is 1. The molecular weight excluding hydrogens is 432 g/mol. The summed E-state index contributed by atoms with van der Waals surface area (Å²) in [5.74, 6) is 2.05. The highest BCUT2D eigenvalue weighted by Gasteiger charge is 2.21. The van der Waals surface area contributed by atoms with Crippen molar-refractivity contribution in [2.45, 2.75) is 6.54 Å². The number of nitrogens with zero attached hydrogens (tertiary/aromatic N) is 3. The molecule has 0 bridgehead atoms. The molecule has 0 spiro atoms. The predicted molar refractivity (Wildman–Crippen MR) is 128 cm³/mol. The van der Waals surface area contributed by atoms with E-state index in [1.165, 1.54) is 4.68 Å². The molecule has 0 aliphatic heterocycles. The summed E-state index contributed by atoms with van der Waals surface area (Å²) in [5, 5.41) is 9.51. The number of aromatic nitrogens is 3. The summed E-state index contributed by atoms with van der Waals surface area (Å²) < 4.78 is 17.4. The van der Waals surface area contributed by atoms with Gasteiger partial charge in [0.15, 0.2) is 17.3 Å². The Kier molecular flexibility index (Phi) is 5.70. The van der Waals surface area contributed by atoms with E-state index in [0.29, 0.717) is 41.1 Å². The summed E-state index contributed by atoms with van der Waals surface area (Å²) in [6.07, 6.45) is 1.54. The lowest BCUT2D eigenvalue weighted by molar-refractivity contribution is 0.0949. The molecule has 0 amide bonds. The number of furan rings is 1. The van der Waals surface area contributed by atoms with E-state index in [1.54, 1.807) is 38.7 Å². The quantitative estimate of drug-likeness (QED) is 0.370. The summed E-state index contributed by atoms with van der Waals surface area (Å²) in [4.78, 5) is 18.2. The van der Waals surface area contributed by atoms with Gasteiger partial charge in [-0.15, -0.1) is 5.10 Å². The third-order valence-corrected chi connectivity index (χ3v) is 5.46. The van der Waals surface area contributed by atoms with Gasteiger partial charge in [-0.2, -0.15) is 9.67 Å².